The van der Waals surface area contributed by atoms with Crippen LogP contribution in [0.1, 0.15) is 31.5 Å². The van der Waals surface area contributed by atoms with Gasteiger partial charge in [0.25, 0.3) is 0 Å². The predicted octanol–water partition coefficient (Wildman–Crippen LogP) is 1.64. The lowest BCUT2D eigenvalue weighted by molar-refractivity contribution is 0.0732. The van der Waals surface area contributed by atoms with Crippen LogP contribution in [0.3, 0.4) is 0 Å². The average Bonchev–Trinajstić information content (AvgIpc) is 3.02. The summed E-state index contributed by atoms with van der Waals surface area (Å²) in [5.74, 6) is 1.80. The van der Waals surface area contributed by atoms with E-state index in [1.54, 1.807) is 7.11 Å². The zero-order valence-corrected chi connectivity index (χ0v) is 15.2. The van der Waals surface area contributed by atoms with Gasteiger partial charge in [0.15, 0.2) is 11.6 Å². The normalized spacial score (nSPS) is 16.6. The van der Waals surface area contributed by atoms with Gasteiger partial charge in [0.05, 0.1) is 0 Å². The quantitative estimate of drug-likeness (QED) is 0.562. The van der Waals surface area contributed by atoms with Crippen LogP contribution >= 0.6 is 0 Å². The number of hydrogen-bond donors (Lipinski definition) is 2. The summed E-state index contributed by atoms with van der Waals surface area (Å²) >= 11 is 0. The third-order valence-electron chi connectivity index (χ3n) is 5.13. The lowest BCUT2D eigenvalue weighted by Gasteiger charge is -2.42. The molecule has 2 heterocycles. The number of nitrogens with zero attached hydrogens (tertiary/aromatic N) is 4. The van der Waals surface area contributed by atoms with Gasteiger partial charge in [0, 0.05) is 46.5 Å². The summed E-state index contributed by atoms with van der Waals surface area (Å²) in [6, 6.07) is 5.92. The molecule has 0 amide bonds. The van der Waals surface area contributed by atoms with E-state index in [9.17, 15) is 0 Å². The molecule has 0 aromatic carbocycles. The first-order chi connectivity index (χ1) is 12.3. The minimum Gasteiger partial charge on any atom is -0.385 e. The maximum absolute atomic E-state index is 5.26. The fraction of sp³-hybridized carbons (Fsp3) is 0.611. The number of pyridine rings is 1. The first-order valence-electron chi connectivity index (χ1n) is 8.98. The Morgan fingerprint density at radius 1 is 1.32 bits per heavy atom. The average molecular weight is 344 g/mol. The molecule has 25 heavy (non-hydrogen) atoms. The molecule has 7 heteroatoms. The minimum atomic E-state index is 0.372. The van der Waals surface area contributed by atoms with Crippen molar-refractivity contribution in [3.63, 3.8) is 0 Å². The second-order valence-corrected chi connectivity index (χ2v) is 6.74. The van der Waals surface area contributed by atoms with E-state index in [2.05, 4.69) is 25.8 Å². The number of methoxy groups -OCH3 is 1. The zero-order chi connectivity index (χ0) is 17.5. The number of nitrogens with one attached hydrogen (secondary N) is 2. The molecule has 0 aliphatic heterocycles. The van der Waals surface area contributed by atoms with Crippen LogP contribution in [0.15, 0.2) is 29.4 Å². The van der Waals surface area contributed by atoms with Crippen LogP contribution in [-0.4, -0.2) is 54.4 Å². The highest BCUT2D eigenvalue weighted by molar-refractivity contribution is 5.79. The second-order valence-electron chi connectivity index (χ2n) is 6.74. The summed E-state index contributed by atoms with van der Waals surface area (Å²) in [6.07, 6.45) is 7.75. The molecule has 0 bridgehead atoms. The Morgan fingerprint density at radius 2 is 2.20 bits per heavy atom. The van der Waals surface area contributed by atoms with E-state index in [1.807, 2.05) is 35.8 Å². The van der Waals surface area contributed by atoms with Gasteiger partial charge in [0.2, 0.25) is 0 Å². The van der Waals surface area contributed by atoms with Gasteiger partial charge >= 0.3 is 0 Å². The Kier molecular flexibility index (Phi) is 5.86. The number of ether oxygens (including phenoxy) is 1. The molecule has 0 saturated heterocycles. The molecule has 2 aromatic heterocycles. The Morgan fingerprint density at radius 3 is 2.92 bits per heavy atom. The molecule has 7 nitrogen and oxygen atoms in total. The molecule has 2 aromatic rings. The van der Waals surface area contributed by atoms with E-state index in [4.69, 9.17) is 4.74 Å². The van der Waals surface area contributed by atoms with E-state index in [-0.39, 0.29) is 0 Å². The third kappa shape index (κ3) is 4.28. The van der Waals surface area contributed by atoms with Gasteiger partial charge in [-0.15, -0.1) is 10.2 Å². The van der Waals surface area contributed by atoms with E-state index in [0.29, 0.717) is 5.41 Å². The molecule has 136 valence electrons. The first-order valence-corrected chi connectivity index (χ1v) is 8.98. The lowest BCUT2D eigenvalue weighted by atomic mass is 9.67. The number of guanidine groups is 1. The van der Waals surface area contributed by atoms with Gasteiger partial charge in [-0.25, -0.2) is 0 Å². The van der Waals surface area contributed by atoms with Crippen LogP contribution in [0.5, 0.6) is 0 Å². The summed E-state index contributed by atoms with van der Waals surface area (Å²) in [5.41, 5.74) is 1.25. The number of hydrogen-bond acceptors (Lipinski definition) is 4. The number of rotatable bonds is 8. The largest absolute Gasteiger partial charge is 0.385 e. The molecular weight excluding hydrogens is 316 g/mol. The highest BCUT2D eigenvalue weighted by Crippen LogP contribution is 2.43. The highest BCUT2D eigenvalue weighted by Gasteiger charge is 2.36. The van der Waals surface area contributed by atoms with Crippen molar-refractivity contribution in [2.75, 3.05) is 33.9 Å². The van der Waals surface area contributed by atoms with Crippen LogP contribution in [0, 0.1) is 5.41 Å². The topological polar surface area (TPSA) is 75.8 Å². The molecule has 3 rings (SSSR count). The van der Waals surface area contributed by atoms with Crippen LogP contribution in [0.2, 0.25) is 0 Å². The first kappa shape index (κ1) is 17.7. The van der Waals surface area contributed by atoms with Gasteiger partial charge in [-0.3, -0.25) is 9.39 Å². The summed E-state index contributed by atoms with van der Waals surface area (Å²) in [7, 11) is 3.58. The smallest absolute Gasteiger partial charge is 0.191 e. The summed E-state index contributed by atoms with van der Waals surface area (Å²) in [4.78, 5) is 4.33. The Hall–Kier alpha value is -2.15. The standard InChI is InChI=1S/C18H28N6O/c1-19-17(21-14-18(8-5-9-18)10-13-25-2)20-11-7-16-23-22-15-6-3-4-12-24(15)16/h3-4,6,12H,5,7-11,13-14H2,1-2H3,(H2,19,20,21). The highest BCUT2D eigenvalue weighted by atomic mass is 16.5. The Bertz CT molecular complexity index is 706. The fourth-order valence-electron chi connectivity index (χ4n) is 3.36. The fourth-order valence-corrected chi connectivity index (χ4v) is 3.36. The third-order valence-corrected chi connectivity index (χ3v) is 5.13. The molecule has 0 atom stereocenters. The van der Waals surface area contributed by atoms with Crippen LogP contribution in [-0.2, 0) is 11.2 Å². The summed E-state index contributed by atoms with van der Waals surface area (Å²) in [6.45, 7) is 2.54. The molecule has 0 spiro atoms. The van der Waals surface area contributed by atoms with Gasteiger partial charge in [0.1, 0.15) is 5.82 Å². The minimum absolute atomic E-state index is 0.372. The van der Waals surface area contributed by atoms with Crippen molar-refractivity contribution in [1.82, 2.24) is 25.2 Å². The van der Waals surface area contributed by atoms with Crippen LogP contribution in [0.4, 0.5) is 0 Å². The molecule has 0 unspecified atom stereocenters. The van der Waals surface area contributed by atoms with Crippen molar-refractivity contribution in [1.29, 1.82) is 0 Å². The van der Waals surface area contributed by atoms with Crippen molar-refractivity contribution in [2.24, 2.45) is 10.4 Å². The monoisotopic (exact) mass is 344 g/mol. The summed E-state index contributed by atoms with van der Waals surface area (Å²) < 4.78 is 7.28. The van der Waals surface area contributed by atoms with Crippen molar-refractivity contribution in [2.45, 2.75) is 32.1 Å². The van der Waals surface area contributed by atoms with Gasteiger partial charge in [-0.1, -0.05) is 12.5 Å². The maximum atomic E-state index is 5.26. The van der Waals surface area contributed by atoms with Crippen LogP contribution in [0.25, 0.3) is 5.65 Å². The van der Waals surface area contributed by atoms with Gasteiger partial charge in [-0.2, -0.15) is 0 Å². The summed E-state index contributed by atoms with van der Waals surface area (Å²) in [5, 5.41) is 15.3. The van der Waals surface area contributed by atoms with Crippen molar-refractivity contribution < 1.29 is 4.74 Å². The maximum Gasteiger partial charge on any atom is 0.191 e. The molecule has 1 aliphatic carbocycles. The van der Waals surface area contributed by atoms with E-state index < -0.39 is 0 Å². The van der Waals surface area contributed by atoms with Gasteiger partial charge < -0.3 is 15.4 Å². The Labute approximate surface area is 148 Å². The Balaban J connectivity index is 1.46. The van der Waals surface area contributed by atoms with E-state index in [0.717, 1.165) is 50.0 Å². The number of fused-ring (bicyclic) bond motifs is 1. The molecule has 0 radical (unpaired) electrons. The van der Waals surface area contributed by atoms with Crippen molar-refractivity contribution in [3.05, 3.63) is 30.2 Å². The number of aromatic nitrogens is 3. The zero-order valence-electron chi connectivity index (χ0n) is 15.2. The lowest BCUT2D eigenvalue weighted by Crippen LogP contribution is -2.47. The van der Waals surface area contributed by atoms with Crippen molar-refractivity contribution >= 4 is 11.6 Å². The van der Waals surface area contributed by atoms with E-state index in [1.165, 1.54) is 19.3 Å². The second kappa shape index (κ2) is 8.29. The number of aliphatic imine (C=N–C) groups is 1. The molecule has 2 N–H and O–H groups in total. The van der Waals surface area contributed by atoms with E-state index >= 15 is 0 Å². The van der Waals surface area contributed by atoms with Gasteiger partial charge in [-0.05, 0) is 36.8 Å². The SMILES string of the molecule is CN=C(NCCc1nnc2ccccn12)NCC1(CCOC)CCC1. The molecule has 1 fully saturated rings. The molecular formula is C18H28N6O. The van der Waals surface area contributed by atoms with Crippen LogP contribution < -0.4 is 10.6 Å². The van der Waals surface area contributed by atoms with Crippen molar-refractivity contribution in [3.8, 4) is 0 Å². The predicted molar refractivity (Wildman–Crippen MR) is 98.8 cm³/mol. The molecule has 1 aliphatic rings. The molecule has 1 saturated carbocycles.